The molecule has 6 rings (SSSR count). The van der Waals surface area contributed by atoms with Crippen LogP contribution in [0.2, 0.25) is 0 Å². The predicted octanol–water partition coefficient (Wildman–Crippen LogP) is 4.47. The number of rotatable bonds is 5. The van der Waals surface area contributed by atoms with Gasteiger partial charge in [0.05, 0.1) is 6.54 Å². The molecule has 0 amide bonds. The molecule has 0 spiro atoms. The molecule has 1 saturated heterocycles. The van der Waals surface area contributed by atoms with Gasteiger partial charge in [0.2, 0.25) is 0 Å². The van der Waals surface area contributed by atoms with Crippen LogP contribution >= 0.6 is 0 Å². The number of nitrogens with one attached hydrogen (secondary N) is 2. The highest BCUT2D eigenvalue weighted by atomic mass is 19.1. The molecule has 1 saturated carbocycles. The first-order valence-corrected chi connectivity index (χ1v) is 12.2. The van der Waals surface area contributed by atoms with Crippen LogP contribution in [0.5, 0.6) is 11.8 Å². The van der Waals surface area contributed by atoms with Crippen molar-refractivity contribution >= 4 is 23.5 Å². The third-order valence-electron chi connectivity index (χ3n) is 6.97. The predicted molar refractivity (Wildman–Crippen MR) is 132 cm³/mol. The SMILES string of the molecule is CC1=Cc2c(F)c(Oc3nc(NC4=NCC(C5CC5)=C4)cc(N4CCNCC4C)n3)cc(F)c2C1. The third kappa shape index (κ3) is 4.40. The minimum atomic E-state index is -0.602. The lowest BCUT2D eigenvalue weighted by Gasteiger charge is -2.35. The van der Waals surface area contributed by atoms with Crippen LogP contribution in [-0.4, -0.2) is 48.0 Å². The minimum absolute atomic E-state index is 0.0438. The lowest BCUT2D eigenvalue weighted by atomic mass is 10.1. The van der Waals surface area contributed by atoms with Crippen molar-refractivity contribution in [3.63, 3.8) is 0 Å². The summed E-state index contributed by atoms with van der Waals surface area (Å²) >= 11 is 0. The summed E-state index contributed by atoms with van der Waals surface area (Å²) in [4.78, 5) is 15.8. The molecule has 2 N–H and O–H groups in total. The van der Waals surface area contributed by atoms with Gasteiger partial charge in [-0.3, -0.25) is 4.99 Å². The molecule has 35 heavy (non-hydrogen) atoms. The molecule has 2 fully saturated rings. The zero-order valence-electron chi connectivity index (χ0n) is 19.9. The number of piperazine rings is 1. The van der Waals surface area contributed by atoms with Crippen LogP contribution in [0.3, 0.4) is 0 Å². The molecule has 182 valence electrons. The van der Waals surface area contributed by atoms with Gasteiger partial charge in [0.1, 0.15) is 23.3 Å². The Morgan fingerprint density at radius 1 is 1.17 bits per heavy atom. The van der Waals surface area contributed by atoms with E-state index in [9.17, 15) is 4.39 Å². The molecule has 2 aromatic rings. The maximum Gasteiger partial charge on any atom is 0.326 e. The summed E-state index contributed by atoms with van der Waals surface area (Å²) in [5.41, 5.74) is 2.84. The molecule has 3 heterocycles. The number of nitrogens with zero attached hydrogens (tertiary/aromatic N) is 4. The van der Waals surface area contributed by atoms with E-state index in [2.05, 4.69) is 43.5 Å². The standard InChI is InChI=1S/C26H28F2N6O/c1-14-7-18-19(8-14)25(28)21(10-20(18)27)35-26-32-23(31-22-9-17(13-30-22)16-3-4-16)11-24(33-26)34-6-5-29-12-15(34)2/h8-11,15-16,29H,3-7,12-13H2,1-2H3,(H,30,31,32,33). The molecule has 1 unspecified atom stereocenters. The van der Waals surface area contributed by atoms with Crippen molar-refractivity contribution in [2.75, 3.05) is 36.4 Å². The van der Waals surface area contributed by atoms with Crippen molar-refractivity contribution in [3.8, 4) is 11.8 Å². The van der Waals surface area contributed by atoms with Gasteiger partial charge in [0.25, 0.3) is 0 Å². The zero-order valence-corrected chi connectivity index (χ0v) is 19.9. The maximum atomic E-state index is 15.2. The Bertz CT molecular complexity index is 1280. The largest absolute Gasteiger partial charge is 0.421 e. The molecule has 1 aromatic heterocycles. The van der Waals surface area contributed by atoms with E-state index in [4.69, 9.17) is 4.74 Å². The maximum absolute atomic E-state index is 15.2. The van der Waals surface area contributed by atoms with Crippen LogP contribution in [0.25, 0.3) is 6.08 Å². The first-order chi connectivity index (χ1) is 16.9. The molecule has 0 bridgehead atoms. The number of hydrogen-bond acceptors (Lipinski definition) is 7. The van der Waals surface area contributed by atoms with Crippen LogP contribution in [0.15, 0.2) is 34.3 Å². The molecular weight excluding hydrogens is 450 g/mol. The Labute approximate surface area is 203 Å². The number of aliphatic imine (C=N–C) groups is 1. The highest BCUT2D eigenvalue weighted by Gasteiger charge is 2.29. The second-order valence-electron chi connectivity index (χ2n) is 9.79. The number of aromatic nitrogens is 2. The number of ether oxygens (including phenoxy) is 1. The van der Waals surface area contributed by atoms with Gasteiger partial charge in [0, 0.05) is 48.9 Å². The molecule has 0 radical (unpaired) electrons. The van der Waals surface area contributed by atoms with Crippen LogP contribution in [0.1, 0.15) is 37.8 Å². The summed E-state index contributed by atoms with van der Waals surface area (Å²) < 4.78 is 35.7. The first-order valence-electron chi connectivity index (χ1n) is 12.2. The van der Waals surface area contributed by atoms with Crippen molar-refractivity contribution < 1.29 is 13.5 Å². The number of fused-ring (bicyclic) bond motifs is 1. The van der Waals surface area contributed by atoms with Crippen LogP contribution in [-0.2, 0) is 6.42 Å². The zero-order chi connectivity index (χ0) is 24.1. The molecule has 4 aliphatic rings. The molecular formula is C26H28F2N6O. The average molecular weight is 479 g/mol. The molecule has 2 aliphatic heterocycles. The Balaban J connectivity index is 1.34. The van der Waals surface area contributed by atoms with E-state index in [0.29, 0.717) is 36.1 Å². The second-order valence-corrected chi connectivity index (χ2v) is 9.79. The Morgan fingerprint density at radius 2 is 2.03 bits per heavy atom. The number of amidine groups is 1. The van der Waals surface area contributed by atoms with Crippen molar-refractivity contribution in [3.05, 3.63) is 52.1 Å². The second kappa shape index (κ2) is 8.71. The molecule has 7 nitrogen and oxygen atoms in total. The first kappa shape index (κ1) is 22.2. The third-order valence-corrected chi connectivity index (χ3v) is 6.97. The summed E-state index contributed by atoms with van der Waals surface area (Å²) in [5, 5.41) is 6.64. The lowest BCUT2D eigenvalue weighted by Crippen LogP contribution is -2.50. The van der Waals surface area contributed by atoms with E-state index in [1.165, 1.54) is 18.4 Å². The highest BCUT2D eigenvalue weighted by molar-refractivity contribution is 6.05. The van der Waals surface area contributed by atoms with E-state index in [1.807, 2.05) is 13.0 Å². The lowest BCUT2D eigenvalue weighted by molar-refractivity contribution is 0.404. The minimum Gasteiger partial charge on any atom is -0.421 e. The van der Waals surface area contributed by atoms with Crippen molar-refractivity contribution in [2.24, 2.45) is 10.9 Å². The number of benzene rings is 1. The van der Waals surface area contributed by atoms with Gasteiger partial charge in [-0.15, -0.1) is 0 Å². The summed E-state index contributed by atoms with van der Waals surface area (Å²) in [6.45, 7) is 7.07. The van der Waals surface area contributed by atoms with E-state index in [0.717, 1.165) is 37.1 Å². The Kier molecular flexibility index (Phi) is 5.51. The van der Waals surface area contributed by atoms with Gasteiger partial charge < -0.3 is 20.3 Å². The number of hydrogen-bond donors (Lipinski definition) is 2. The number of anilines is 2. The Morgan fingerprint density at radius 3 is 2.83 bits per heavy atom. The van der Waals surface area contributed by atoms with Crippen LogP contribution < -0.4 is 20.3 Å². The van der Waals surface area contributed by atoms with Crippen molar-refractivity contribution in [1.29, 1.82) is 0 Å². The van der Waals surface area contributed by atoms with Crippen LogP contribution in [0.4, 0.5) is 20.4 Å². The van der Waals surface area contributed by atoms with E-state index < -0.39 is 11.6 Å². The van der Waals surface area contributed by atoms with E-state index >= 15 is 4.39 Å². The van der Waals surface area contributed by atoms with E-state index in [-0.39, 0.29) is 23.4 Å². The molecule has 1 atom stereocenters. The van der Waals surface area contributed by atoms with E-state index in [1.54, 1.807) is 6.08 Å². The van der Waals surface area contributed by atoms with Gasteiger partial charge in [-0.2, -0.15) is 9.97 Å². The summed E-state index contributed by atoms with van der Waals surface area (Å²) in [7, 11) is 0. The highest BCUT2D eigenvalue weighted by Crippen LogP contribution is 2.38. The summed E-state index contributed by atoms with van der Waals surface area (Å²) in [6.07, 6.45) is 6.59. The number of allylic oxidation sites excluding steroid dienone is 1. The van der Waals surface area contributed by atoms with Gasteiger partial charge in [-0.25, -0.2) is 8.78 Å². The number of halogens is 2. The molecule has 1 aromatic carbocycles. The summed E-state index contributed by atoms with van der Waals surface area (Å²) in [5.74, 6) is 1.23. The van der Waals surface area contributed by atoms with Gasteiger partial charge in [0.15, 0.2) is 11.6 Å². The fourth-order valence-electron chi connectivity index (χ4n) is 4.94. The van der Waals surface area contributed by atoms with Crippen molar-refractivity contribution in [1.82, 2.24) is 15.3 Å². The smallest absolute Gasteiger partial charge is 0.326 e. The van der Waals surface area contributed by atoms with Gasteiger partial charge in [-0.1, -0.05) is 11.6 Å². The van der Waals surface area contributed by atoms with Crippen molar-refractivity contribution in [2.45, 2.75) is 39.2 Å². The van der Waals surface area contributed by atoms with Crippen LogP contribution in [0, 0.1) is 17.6 Å². The van der Waals surface area contributed by atoms with Gasteiger partial charge >= 0.3 is 6.01 Å². The van der Waals surface area contributed by atoms with Gasteiger partial charge in [-0.05, 0) is 50.7 Å². The normalized spacial score (nSPS) is 21.4. The monoisotopic (exact) mass is 478 g/mol. The quantitative estimate of drug-likeness (QED) is 0.661. The fourth-order valence-corrected chi connectivity index (χ4v) is 4.94. The fraction of sp³-hybridized carbons (Fsp3) is 0.423. The molecule has 9 heteroatoms. The topological polar surface area (TPSA) is 74.7 Å². The summed E-state index contributed by atoms with van der Waals surface area (Å²) in [6, 6.07) is 3.10. The Hall–Kier alpha value is -3.33. The average Bonchev–Trinajstić information content (AvgIpc) is 3.45. The molecule has 2 aliphatic carbocycles.